The molecule has 0 heterocycles. The Labute approximate surface area is 91.6 Å². The first-order chi connectivity index (χ1) is 6.41. The normalized spacial score (nSPS) is 14.1. The monoisotopic (exact) mass is 276 g/mol. The van der Waals surface area contributed by atoms with Gasteiger partial charge in [0, 0.05) is 0 Å². The van der Waals surface area contributed by atoms with Crippen molar-refractivity contribution in [1.82, 2.24) is 0 Å². The molecule has 92 valence electrons. The topological polar surface area (TPSA) is 97.7 Å². The van der Waals surface area contributed by atoms with E-state index in [4.69, 9.17) is 8.42 Å². The second-order valence-corrected chi connectivity index (χ2v) is 12.1. The molecule has 0 aliphatic rings. The zero-order valence-electron chi connectivity index (χ0n) is 8.93. The van der Waals surface area contributed by atoms with E-state index >= 15 is 0 Å². The van der Waals surface area contributed by atoms with Gasteiger partial charge in [0.05, 0.1) is 11.5 Å². The molecule has 0 aliphatic heterocycles. The number of hydrogen-bond acceptors (Lipinski definition) is 5. The largest absolute Gasteiger partial charge is 0.315 e. The summed E-state index contributed by atoms with van der Waals surface area (Å²) in [6, 6.07) is 0. The van der Waals surface area contributed by atoms with Crippen LogP contribution < -0.4 is 0 Å². The minimum Gasteiger partial charge on any atom is -0.315 e. The van der Waals surface area contributed by atoms with E-state index in [9.17, 15) is 16.8 Å². The average molecular weight is 276 g/mol. The second kappa shape index (κ2) is 4.91. The van der Waals surface area contributed by atoms with Gasteiger partial charge in [-0.25, -0.2) is 8.42 Å². The van der Waals surface area contributed by atoms with Gasteiger partial charge in [-0.1, -0.05) is 0 Å². The van der Waals surface area contributed by atoms with Crippen LogP contribution in [0.5, 0.6) is 0 Å². The van der Waals surface area contributed by atoms with Gasteiger partial charge in [-0.15, -0.1) is 0 Å². The summed E-state index contributed by atoms with van der Waals surface area (Å²) in [4.78, 5) is 0. The van der Waals surface area contributed by atoms with E-state index in [1.807, 2.05) is 0 Å². The first-order valence-corrected chi connectivity index (χ1v) is 10.9. The standard InChI is InChI=1S/C6H16O6S2Si/c1-15(2,3)12-14(10,11)6-4-5-13(7,8)9/h4-6H2,1-3H3,(H,7,8,9). The van der Waals surface area contributed by atoms with Gasteiger partial charge in [0.15, 0.2) is 0 Å². The molecule has 9 heteroatoms. The van der Waals surface area contributed by atoms with Gasteiger partial charge < -0.3 is 3.87 Å². The SMILES string of the molecule is C[Si](C)(C)OS(=O)(=O)CCCS(=O)(=O)O. The molecule has 0 amide bonds. The highest BCUT2D eigenvalue weighted by Crippen LogP contribution is 2.09. The molecule has 0 radical (unpaired) electrons. The van der Waals surface area contributed by atoms with Crippen molar-refractivity contribution in [2.75, 3.05) is 11.5 Å². The third-order valence-corrected chi connectivity index (χ3v) is 5.78. The number of rotatable bonds is 6. The predicted octanol–water partition coefficient (Wildman–Crippen LogP) is 0.446. The molecule has 0 atom stereocenters. The smallest absolute Gasteiger partial charge is 0.264 e. The lowest BCUT2D eigenvalue weighted by Gasteiger charge is -2.16. The maximum atomic E-state index is 11.3. The maximum Gasteiger partial charge on any atom is 0.264 e. The molecule has 0 aromatic carbocycles. The number of hydrogen-bond donors (Lipinski definition) is 1. The Morgan fingerprint density at radius 3 is 1.87 bits per heavy atom. The molecule has 0 fully saturated rings. The zero-order chi connectivity index (χ0) is 12.3. The summed E-state index contributed by atoms with van der Waals surface area (Å²) in [5.74, 6) is -0.960. The fourth-order valence-corrected chi connectivity index (χ4v) is 5.41. The third-order valence-electron chi connectivity index (χ3n) is 1.17. The van der Waals surface area contributed by atoms with E-state index in [-0.39, 0.29) is 6.42 Å². The van der Waals surface area contributed by atoms with Crippen LogP contribution in [0.2, 0.25) is 19.6 Å². The summed E-state index contributed by atoms with van der Waals surface area (Å²) in [5.41, 5.74) is 0. The zero-order valence-corrected chi connectivity index (χ0v) is 11.6. The molecule has 0 aromatic rings. The van der Waals surface area contributed by atoms with Crippen LogP contribution in [0, 0.1) is 0 Å². The van der Waals surface area contributed by atoms with Crippen LogP contribution in [0.1, 0.15) is 6.42 Å². The Bertz CT molecular complexity index is 390. The van der Waals surface area contributed by atoms with Crippen molar-refractivity contribution in [3.05, 3.63) is 0 Å². The molecule has 0 saturated heterocycles. The Balaban J connectivity index is 4.19. The Kier molecular flexibility index (Phi) is 4.92. The molecule has 0 spiro atoms. The lowest BCUT2D eigenvalue weighted by atomic mass is 10.6. The van der Waals surface area contributed by atoms with Gasteiger partial charge >= 0.3 is 0 Å². The van der Waals surface area contributed by atoms with Gasteiger partial charge in [-0.05, 0) is 26.1 Å². The van der Waals surface area contributed by atoms with Crippen molar-refractivity contribution in [3.8, 4) is 0 Å². The first kappa shape index (κ1) is 15.0. The van der Waals surface area contributed by atoms with Gasteiger partial charge in [-0.2, -0.15) is 8.42 Å². The highest BCUT2D eigenvalue weighted by molar-refractivity contribution is 7.88. The second-order valence-electron chi connectivity index (χ2n) is 4.10. The highest BCUT2D eigenvalue weighted by Gasteiger charge is 2.24. The molecule has 15 heavy (non-hydrogen) atoms. The van der Waals surface area contributed by atoms with E-state index in [2.05, 4.69) is 0 Å². The lowest BCUT2D eigenvalue weighted by Crippen LogP contribution is -2.30. The van der Waals surface area contributed by atoms with E-state index in [1.165, 1.54) is 0 Å². The van der Waals surface area contributed by atoms with Gasteiger partial charge in [0.1, 0.15) is 0 Å². The molecule has 1 N–H and O–H groups in total. The molecule has 6 nitrogen and oxygen atoms in total. The van der Waals surface area contributed by atoms with Crippen LogP contribution >= 0.6 is 0 Å². The minimum absolute atomic E-state index is 0.161. The van der Waals surface area contributed by atoms with Crippen LogP contribution in [0.3, 0.4) is 0 Å². The molecule has 0 aliphatic carbocycles. The van der Waals surface area contributed by atoms with Crippen molar-refractivity contribution >= 4 is 28.6 Å². The van der Waals surface area contributed by atoms with Crippen LogP contribution in [-0.4, -0.2) is 41.2 Å². The third kappa shape index (κ3) is 10.3. The predicted molar refractivity (Wildman–Crippen MR) is 59.3 cm³/mol. The van der Waals surface area contributed by atoms with E-state index < -0.39 is 40.1 Å². The molecular weight excluding hydrogens is 260 g/mol. The van der Waals surface area contributed by atoms with Crippen LogP contribution in [0.25, 0.3) is 0 Å². The summed E-state index contributed by atoms with van der Waals surface area (Å²) in [6.45, 7) is 5.15. The minimum atomic E-state index is -4.10. The van der Waals surface area contributed by atoms with Crippen molar-refractivity contribution in [1.29, 1.82) is 0 Å². The Morgan fingerprint density at radius 1 is 1.07 bits per heavy atom. The highest BCUT2D eigenvalue weighted by atomic mass is 32.2. The maximum absolute atomic E-state index is 11.3. The van der Waals surface area contributed by atoms with Crippen LogP contribution in [0.15, 0.2) is 0 Å². The summed E-state index contributed by atoms with van der Waals surface area (Å²) in [5, 5.41) is 0. The van der Waals surface area contributed by atoms with Crippen molar-refractivity contribution < 1.29 is 25.3 Å². The van der Waals surface area contributed by atoms with Crippen molar-refractivity contribution in [2.45, 2.75) is 26.1 Å². The lowest BCUT2D eigenvalue weighted by molar-refractivity contribution is 0.478. The van der Waals surface area contributed by atoms with Gasteiger partial charge in [0.2, 0.25) is 8.32 Å². The van der Waals surface area contributed by atoms with E-state index in [0.717, 1.165) is 0 Å². The average Bonchev–Trinajstić information content (AvgIpc) is 1.75. The fourth-order valence-electron chi connectivity index (χ4n) is 0.841. The van der Waals surface area contributed by atoms with Crippen LogP contribution in [-0.2, 0) is 24.1 Å². The summed E-state index contributed by atoms with van der Waals surface area (Å²) in [6.07, 6.45) is -0.161. The van der Waals surface area contributed by atoms with Gasteiger partial charge in [-0.3, -0.25) is 4.55 Å². The quantitative estimate of drug-likeness (QED) is 0.558. The summed E-state index contributed by atoms with van der Waals surface area (Å²) < 4.78 is 56.5. The fraction of sp³-hybridized carbons (Fsp3) is 1.00. The molecule has 0 unspecified atom stereocenters. The Morgan fingerprint density at radius 2 is 1.53 bits per heavy atom. The molecule has 0 bridgehead atoms. The Hall–Kier alpha value is 0.0369. The summed E-state index contributed by atoms with van der Waals surface area (Å²) in [7, 11) is -9.96. The molecule has 0 aromatic heterocycles. The summed E-state index contributed by atoms with van der Waals surface area (Å²) >= 11 is 0. The van der Waals surface area contributed by atoms with Crippen LogP contribution in [0.4, 0.5) is 0 Å². The first-order valence-electron chi connectivity index (χ1n) is 4.30. The molecule has 0 rings (SSSR count). The van der Waals surface area contributed by atoms with Gasteiger partial charge in [0.25, 0.3) is 20.2 Å². The molecular formula is C6H16O6S2Si. The van der Waals surface area contributed by atoms with Crippen molar-refractivity contribution in [3.63, 3.8) is 0 Å². The van der Waals surface area contributed by atoms with Crippen molar-refractivity contribution in [2.24, 2.45) is 0 Å². The van der Waals surface area contributed by atoms with E-state index in [0.29, 0.717) is 0 Å². The van der Waals surface area contributed by atoms with E-state index in [1.54, 1.807) is 19.6 Å². The molecule has 0 saturated carbocycles.